The molecule has 3 rings (SSSR count). The molecule has 1 aliphatic carbocycles. The molecule has 1 aliphatic rings. The zero-order valence-electron chi connectivity index (χ0n) is 15.7. The summed E-state index contributed by atoms with van der Waals surface area (Å²) in [7, 11) is -3.24. The number of carbonyl (C=O) groups is 3. The van der Waals surface area contributed by atoms with Crippen LogP contribution in [-0.4, -0.2) is 39.1 Å². The zero-order valence-corrected chi connectivity index (χ0v) is 17.3. The van der Waals surface area contributed by atoms with Gasteiger partial charge in [0.1, 0.15) is 5.00 Å². The van der Waals surface area contributed by atoms with Gasteiger partial charge in [-0.2, -0.15) is 0 Å². The number of fused-ring (bicyclic) bond motifs is 1. The van der Waals surface area contributed by atoms with E-state index in [0.29, 0.717) is 16.1 Å². The maximum Gasteiger partial charge on any atom is 0.338 e. The third kappa shape index (κ3) is 5.21. The fourth-order valence-corrected chi connectivity index (χ4v) is 5.32. The quantitative estimate of drug-likeness (QED) is 0.635. The topological polar surface area (TPSA) is 133 Å². The molecule has 0 bridgehead atoms. The van der Waals surface area contributed by atoms with E-state index in [1.807, 2.05) is 0 Å². The lowest BCUT2D eigenvalue weighted by Gasteiger charge is -2.08. The molecule has 0 spiro atoms. The van der Waals surface area contributed by atoms with Gasteiger partial charge < -0.3 is 15.8 Å². The Hall–Kier alpha value is -2.72. The predicted molar refractivity (Wildman–Crippen MR) is 109 cm³/mol. The average Bonchev–Trinajstić information content (AvgIpc) is 3.18. The van der Waals surface area contributed by atoms with Crippen LogP contribution in [0.25, 0.3) is 0 Å². The number of thiophene rings is 1. The van der Waals surface area contributed by atoms with E-state index in [-0.39, 0.29) is 11.3 Å². The number of carbonyl (C=O) groups excluding carboxylic acids is 3. The van der Waals surface area contributed by atoms with Gasteiger partial charge in [0.05, 0.1) is 16.9 Å². The van der Waals surface area contributed by atoms with Crippen LogP contribution in [0.15, 0.2) is 24.3 Å². The van der Waals surface area contributed by atoms with Crippen LogP contribution in [-0.2, 0) is 38.0 Å². The van der Waals surface area contributed by atoms with Crippen LogP contribution in [0, 0.1) is 0 Å². The van der Waals surface area contributed by atoms with Gasteiger partial charge in [-0.05, 0) is 42.5 Å². The molecule has 0 unspecified atom stereocenters. The van der Waals surface area contributed by atoms with Gasteiger partial charge in [-0.25, -0.2) is 13.2 Å². The van der Waals surface area contributed by atoms with E-state index in [0.717, 1.165) is 36.0 Å². The van der Waals surface area contributed by atoms with Gasteiger partial charge in [0.2, 0.25) is 0 Å². The second-order valence-corrected chi connectivity index (χ2v) is 10.1. The molecule has 0 aliphatic heterocycles. The number of amides is 2. The minimum absolute atomic E-state index is 0.145. The van der Waals surface area contributed by atoms with Crippen LogP contribution in [0.1, 0.15) is 43.1 Å². The number of rotatable bonds is 7. The normalized spacial score (nSPS) is 13.0. The van der Waals surface area contributed by atoms with Crippen LogP contribution in [0.5, 0.6) is 0 Å². The number of hydrogen-bond acceptors (Lipinski definition) is 7. The molecule has 8 nitrogen and oxygen atoms in total. The van der Waals surface area contributed by atoms with Gasteiger partial charge in [-0.3, -0.25) is 9.59 Å². The van der Waals surface area contributed by atoms with Gasteiger partial charge in [0, 0.05) is 11.1 Å². The molecule has 0 atom stereocenters. The molecule has 154 valence electrons. The van der Waals surface area contributed by atoms with Crippen molar-refractivity contribution in [3.8, 4) is 0 Å². The summed E-state index contributed by atoms with van der Waals surface area (Å²) in [6.45, 7) is -0.546. The highest BCUT2D eigenvalue weighted by atomic mass is 32.2. The molecular weight excluding hydrogens is 416 g/mol. The van der Waals surface area contributed by atoms with Crippen LogP contribution < -0.4 is 11.1 Å². The number of esters is 1. The summed E-state index contributed by atoms with van der Waals surface area (Å²) in [5.74, 6) is -2.14. The van der Waals surface area contributed by atoms with Crippen molar-refractivity contribution in [2.24, 2.45) is 5.73 Å². The minimum atomic E-state index is -3.24. The Bertz CT molecular complexity index is 1090. The minimum Gasteiger partial charge on any atom is -0.452 e. The van der Waals surface area contributed by atoms with Crippen LogP contribution in [0.2, 0.25) is 0 Å². The van der Waals surface area contributed by atoms with Crippen molar-refractivity contribution in [2.75, 3.05) is 18.2 Å². The van der Waals surface area contributed by atoms with Crippen molar-refractivity contribution < 1.29 is 27.5 Å². The number of primary amides is 1. The fraction of sp³-hybridized carbons (Fsp3) is 0.316. The molecule has 10 heteroatoms. The first-order chi connectivity index (χ1) is 13.6. The van der Waals surface area contributed by atoms with Gasteiger partial charge in [-0.15, -0.1) is 11.3 Å². The second kappa shape index (κ2) is 8.34. The zero-order chi connectivity index (χ0) is 21.2. The molecule has 0 saturated heterocycles. The van der Waals surface area contributed by atoms with Crippen molar-refractivity contribution in [3.63, 3.8) is 0 Å². The lowest BCUT2D eigenvalue weighted by atomic mass is 10.1. The highest BCUT2D eigenvalue weighted by Gasteiger charge is 2.26. The summed E-state index contributed by atoms with van der Waals surface area (Å²) in [6, 6.07) is 6.02. The van der Waals surface area contributed by atoms with E-state index in [9.17, 15) is 22.8 Å². The average molecular weight is 437 g/mol. The summed E-state index contributed by atoms with van der Waals surface area (Å²) in [5.41, 5.74) is 7.26. The summed E-state index contributed by atoms with van der Waals surface area (Å²) >= 11 is 1.31. The van der Waals surface area contributed by atoms with Crippen molar-refractivity contribution in [3.05, 3.63) is 51.4 Å². The Labute approximate surface area is 172 Å². The van der Waals surface area contributed by atoms with E-state index in [1.165, 1.54) is 23.5 Å². The largest absolute Gasteiger partial charge is 0.452 e. The third-order valence-electron chi connectivity index (χ3n) is 4.35. The Balaban J connectivity index is 1.62. The first-order valence-electron chi connectivity index (χ1n) is 8.82. The molecule has 1 aromatic heterocycles. The third-order valence-corrected chi connectivity index (χ3v) is 6.41. The molecule has 0 saturated carbocycles. The highest BCUT2D eigenvalue weighted by Crippen LogP contribution is 2.38. The Kier molecular flexibility index (Phi) is 6.04. The van der Waals surface area contributed by atoms with Crippen LogP contribution in [0.4, 0.5) is 5.00 Å². The van der Waals surface area contributed by atoms with Crippen molar-refractivity contribution in [1.29, 1.82) is 0 Å². The van der Waals surface area contributed by atoms with Crippen molar-refractivity contribution >= 4 is 44.0 Å². The summed E-state index contributed by atoms with van der Waals surface area (Å²) in [4.78, 5) is 37.2. The van der Waals surface area contributed by atoms with Gasteiger partial charge in [0.25, 0.3) is 11.8 Å². The van der Waals surface area contributed by atoms with E-state index >= 15 is 0 Å². The van der Waals surface area contributed by atoms with Crippen molar-refractivity contribution in [1.82, 2.24) is 0 Å². The fourth-order valence-electron chi connectivity index (χ4n) is 3.22. The van der Waals surface area contributed by atoms with Gasteiger partial charge in [-0.1, -0.05) is 12.1 Å². The van der Waals surface area contributed by atoms with Crippen LogP contribution >= 0.6 is 11.3 Å². The second-order valence-electron chi connectivity index (χ2n) is 6.82. The standard InChI is InChI=1S/C19H20N2O6S2/c1-29(25,26)10-11-4-2-5-12(8-11)19(24)27-9-15(22)21-18-16(17(20)23)13-6-3-7-14(13)28-18/h2,4-5,8H,3,6-7,9-10H2,1H3,(H2,20,23)(H,21,22). The Morgan fingerprint density at radius 1 is 1.24 bits per heavy atom. The maximum absolute atomic E-state index is 12.2. The van der Waals surface area contributed by atoms with Crippen LogP contribution in [0.3, 0.4) is 0 Å². The summed E-state index contributed by atoms with van der Waals surface area (Å²) in [5, 5.41) is 2.97. The van der Waals surface area contributed by atoms with E-state index in [2.05, 4.69) is 5.32 Å². The number of hydrogen-bond donors (Lipinski definition) is 2. The maximum atomic E-state index is 12.2. The van der Waals surface area contributed by atoms with Crippen molar-refractivity contribution in [2.45, 2.75) is 25.0 Å². The number of ether oxygens (including phenoxy) is 1. The number of sulfone groups is 1. The Morgan fingerprint density at radius 3 is 2.69 bits per heavy atom. The number of nitrogens with one attached hydrogen (secondary N) is 1. The number of benzene rings is 1. The van der Waals surface area contributed by atoms with E-state index < -0.39 is 34.2 Å². The molecule has 2 amide bonds. The highest BCUT2D eigenvalue weighted by molar-refractivity contribution is 7.89. The molecule has 0 radical (unpaired) electrons. The first-order valence-corrected chi connectivity index (χ1v) is 11.7. The summed E-state index contributed by atoms with van der Waals surface area (Å²) < 4.78 is 27.8. The Morgan fingerprint density at radius 2 is 2.00 bits per heavy atom. The first kappa shape index (κ1) is 21.0. The van der Waals surface area contributed by atoms with E-state index in [1.54, 1.807) is 12.1 Å². The molecule has 29 heavy (non-hydrogen) atoms. The number of nitrogens with two attached hydrogens (primary N) is 1. The van der Waals surface area contributed by atoms with E-state index in [4.69, 9.17) is 10.5 Å². The number of anilines is 1. The smallest absolute Gasteiger partial charge is 0.338 e. The van der Waals surface area contributed by atoms with Gasteiger partial charge >= 0.3 is 5.97 Å². The summed E-state index contributed by atoms with van der Waals surface area (Å²) in [6.07, 6.45) is 3.64. The lowest BCUT2D eigenvalue weighted by Crippen LogP contribution is -2.22. The number of aryl methyl sites for hydroxylation is 1. The molecule has 3 N–H and O–H groups in total. The molecule has 2 aromatic rings. The molecule has 0 fully saturated rings. The molecule has 1 heterocycles. The molecule has 1 aromatic carbocycles. The monoisotopic (exact) mass is 436 g/mol. The molecular formula is C19H20N2O6S2. The predicted octanol–water partition coefficient (Wildman–Crippen LogP) is 1.68. The SMILES string of the molecule is CS(=O)(=O)Cc1cccc(C(=O)OCC(=O)Nc2sc3c(c2C(N)=O)CCC3)c1. The van der Waals surface area contributed by atoms with Gasteiger partial charge in [0.15, 0.2) is 16.4 Å². The lowest BCUT2D eigenvalue weighted by molar-refractivity contribution is -0.119.